The lowest BCUT2D eigenvalue weighted by atomic mass is 10.1. The van der Waals surface area contributed by atoms with Gasteiger partial charge >= 0.3 is 5.97 Å². The molecule has 0 aliphatic heterocycles. The van der Waals surface area contributed by atoms with Crippen LogP contribution in [0, 0.1) is 0 Å². The van der Waals surface area contributed by atoms with Gasteiger partial charge in [-0.15, -0.1) is 0 Å². The van der Waals surface area contributed by atoms with Gasteiger partial charge in [0.15, 0.2) is 0 Å². The first-order chi connectivity index (χ1) is 8.94. The molecule has 7 heteroatoms. The van der Waals surface area contributed by atoms with Gasteiger partial charge < -0.3 is 5.11 Å². The van der Waals surface area contributed by atoms with Crippen LogP contribution in [0.1, 0.15) is 18.9 Å². The smallest absolute Gasteiger partial charge is 0.322 e. The van der Waals surface area contributed by atoms with Gasteiger partial charge in [0.25, 0.3) is 10.2 Å². The van der Waals surface area contributed by atoms with E-state index in [1.807, 2.05) is 13.0 Å². The number of carbonyl (C=O) groups is 1. The van der Waals surface area contributed by atoms with Gasteiger partial charge in [0.05, 0.1) is 0 Å². The molecule has 106 valence electrons. The minimum absolute atomic E-state index is 0.100. The average Bonchev–Trinajstić information content (AvgIpc) is 2.36. The highest BCUT2D eigenvalue weighted by molar-refractivity contribution is 7.87. The molecule has 3 N–H and O–H groups in total. The predicted octanol–water partition coefficient (Wildman–Crippen LogP) is 0.516. The molecule has 0 saturated carbocycles. The lowest BCUT2D eigenvalue weighted by Crippen LogP contribution is -2.47. The van der Waals surface area contributed by atoms with Crippen molar-refractivity contribution in [2.75, 3.05) is 6.54 Å². The van der Waals surface area contributed by atoms with Crippen molar-refractivity contribution in [1.82, 2.24) is 9.44 Å². The molecule has 0 aliphatic rings. The Balaban J connectivity index is 2.71. The molecular weight excluding hydrogens is 268 g/mol. The van der Waals surface area contributed by atoms with Crippen molar-refractivity contribution < 1.29 is 18.3 Å². The number of hydrogen-bond acceptors (Lipinski definition) is 3. The van der Waals surface area contributed by atoms with Crippen LogP contribution in [0.15, 0.2) is 30.3 Å². The van der Waals surface area contributed by atoms with Crippen LogP contribution < -0.4 is 9.44 Å². The van der Waals surface area contributed by atoms with E-state index in [9.17, 15) is 13.2 Å². The summed E-state index contributed by atoms with van der Waals surface area (Å²) in [7, 11) is -3.79. The lowest BCUT2D eigenvalue weighted by Gasteiger charge is -2.15. The summed E-state index contributed by atoms with van der Waals surface area (Å²) in [5.74, 6) is -1.20. The van der Waals surface area contributed by atoms with Crippen LogP contribution in [0.25, 0.3) is 0 Å². The number of hydrogen-bond donors (Lipinski definition) is 3. The van der Waals surface area contributed by atoms with Gasteiger partial charge in [-0.25, -0.2) is 4.72 Å². The van der Waals surface area contributed by atoms with E-state index in [0.717, 1.165) is 5.56 Å². The molecule has 1 atom stereocenters. The Kier molecular flexibility index (Phi) is 5.94. The molecule has 6 nitrogen and oxygen atoms in total. The minimum Gasteiger partial charge on any atom is -0.480 e. The quantitative estimate of drug-likeness (QED) is 0.649. The number of aliphatic carboxylic acids is 1. The van der Waals surface area contributed by atoms with Crippen LogP contribution in [0.4, 0.5) is 0 Å². The molecule has 0 saturated heterocycles. The number of carboxylic acid groups (broad SMARTS) is 1. The molecule has 0 unspecified atom stereocenters. The lowest BCUT2D eigenvalue weighted by molar-refractivity contribution is -0.138. The molecule has 0 radical (unpaired) electrons. The van der Waals surface area contributed by atoms with E-state index in [1.54, 1.807) is 24.3 Å². The third-order valence-electron chi connectivity index (χ3n) is 2.42. The second-order valence-electron chi connectivity index (χ2n) is 4.10. The van der Waals surface area contributed by atoms with Gasteiger partial charge in [0.1, 0.15) is 6.04 Å². The van der Waals surface area contributed by atoms with Crippen LogP contribution in [-0.2, 0) is 21.4 Å². The summed E-state index contributed by atoms with van der Waals surface area (Å²) in [6.45, 7) is 2.09. The van der Waals surface area contributed by atoms with Crippen LogP contribution >= 0.6 is 0 Å². The Bertz CT molecular complexity index is 502. The maximum Gasteiger partial charge on any atom is 0.322 e. The van der Waals surface area contributed by atoms with Gasteiger partial charge in [0, 0.05) is 6.54 Å². The van der Waals surface area contributed by atoms with Crippen LogP contribution in [0.5, 0.6) is 0 Å². The van der Waals surface area contributed by atoms with Crippen molar-refractivity contribution in [1.29, 1.82) is 0 Å². The standard InChI is InChI=1S/C12H18N2O4S/c1-2-8-13-19(17,18)14-11(12(15)16)9-10-6-4-3-5-7-10/h3-7,11,13-14H,2,8-9H2,1H3,(H,15,16)/t11-/m0/s1. The first-order valence-electron chi connectivity index (χ1n) is 5.98. The molecule has 1 aromatic rings. The van der Waals surface area contributed by atoms with Crippen molar-refractivity contribution in [2.24, 2.45) is 0 Å². The second kappa shape index (κ2) is 7.22. The van der Waals surface area contributed by atoms with Crippen LogP contribution in [0.3, 0.4) is 0 Å². The third-order valence-corrected chi connectivity index (χ3v) is 3.60. The minimum atomic E-state index is -3.79. The Morgan fingerprint density at radius 3 is 2.47 bits per heavy atom. The molecule has 0 aromatic heterocycles. The number of rotatable bonds is 8. The predicted molar refractivity (Wildman–Crippen MR) is 71.9 cm³/mol. The maximum absolute atomic E-state index is 11.6. The highest BCUT2D eigenvalue weighted by Crippen LogP contribution is 2.04. The molecule has 1 rings (SSSR count). The molecule has 1 aromatic carbocycles. The zero-order valence-electron chi connectivity index (χ0n) is 10.7. The van der Waals surface area contributed by atoms with Gasteiger partial charge in [-0.2, -0.15) is 13.1 Å². The fraction of sp³-hybridized carbons (Fsp3) is 0.417. The fourth-order valence-electron chi connectivity index (χ4n) is 1.49. The zero-order valence-corrected chi connectivity index (χ0v) is 11.5. The summed E-state index contributed by atoms with van der Waals surface area (Å²) in [4.78, 5) is 11.1. The van der Waals surface area contributed by atoms with E-state index >= 15 is 0 Å². The van der Waals surface area contributed by atoms with E-state index in [-0.39, 0.29) is 13.0 Å². The summed E-state index contributed by atoms with van der Waals surface area (Å²) in [5, 5.41) is 9.07. The fourth-order valence-corrected chi connectivity index (χ4v) is 2.61. The Morgan fingerprint density at radius 1 is 1.32 bits per heavy atom. The second-order valence-corrected chi connectivity index (χ2v) is 5.63. The molecule has 0 fully saturated rings. The monoisotopic (exact) mass is 286 g/mol. The van der Waals surface area contributed by atoms with Gasteiger partial charge in [-0.1, -0.05) is 37.3 Å². The zero-order chi connectivity index (χ0) is 14.3. The largest absolute Gasteiger partial charge is 0.480 e. The molecule has 0 aliphatic carbocycles. The Morgan fingerprint density at radius 2 is 1.95 bits per heavy atom. The van der Waals surface area contributed by atoms with E-state index in [4.69, 9.17) is 5.11 Å². The van der Waals surface area contributed by atoms with Crippen LogP contribution in [0.2, 0.25) is 0 Å². The first kappa shape index (κ1) is 15.6. The first-order valence-corrected chi connectivity index (χ1v) is 7.46. The van der Waals surface area contributed by atoms with Crippen molar-refractivity contribution >= 4 is 16.2 Å². The van der Waals surface area contributed by atoms with Crippen molar-refractivity contribution in [3.05, 3.63) is 35.9 Å². The van der Waals surface area contributed by atoms with Crippen molar-refractivity contribution in [2.45, 2.75) is 25.8 Å². The van der Waals surface area contributed by atoms with E-state index < -0.39 is 22.2 Å². The van der Waals surface area contributed by atoms with Gasteiger partial charge in [0.2, 0.25) is 0 Å². The van der Waals surface area contributed by atoms with Gasteiger partial charge in [-0.3, -0.25) is 4.79 Å². The summed E-state index contributed by atoms with van der Waals surface area (Å²) >= 11 is 0. The van der Waals surface area contributed by atoms with Crippen molar-refractivity contribution in [3.63, 3.8) is 0 Å². The van der Waals surface area contributed by atoms with E-state index in [1.165, 1.54) is 0 Å². The summed E-state index contributed by atoms with van der Waals surface area (Å²) in [6.07, 6.45) is 0.737. The normalized spacial score (nSPS) is 13.1. The number of nitrogens with one attached hydrogen (secondary N) is 2. The summed E-state index contributed by atoms with van der Waals surface area (Å²) in [6, 6.07) is 7.69. The van der Waals surface area contributed by atoms with E-state index in [0.29, 0.717) is 6.42 Å². The molecule has 0 heterocycles. The Labute approximate surface area is 113 Å². The average molecular weight is 286 g/mol. The Hall–Kier alpha value is -1.44. The molecular formula is C12H18N2O4S. The highest BCUT2D eigenvalue weighted by Gasteiger charge is 2.23. The molecule has 0 bridgehead atoms. The maximum atomic E-state index is 11.6. The van der Waals surface area contributed by atoms with Crippen molar-refractivity contribution in [3.8, 4) is 0 Å². The van der Waals surface area contributed by atoms with Crippen LogP contribution in [-0.4, -0.2) is 32.1 Å². The number of benzene rings is 1. The van der Waals surface area contributed by atoms with E-state index in [2.05, 4.69) is 9.44 Å². The SMILES string of the molecule is CCCNS(=O)(=O)N[C@@H](Cc1ccccc1)C(=O)O. The summed E-state index contributed by atoms with van der Waals surface area (Å²) < 4.78 is 27.6. The summed E-state index contributed by atoms with van der Waals surface area (Å²) in [5.41, 5.74) is 0.757. The number of carboxylic acids is 1. The highest BCUT2D eigenvalue weighted by atomic mass is 32.2. The molecule has 19 heavy (non-hydrogen) atoms. The van der Waals surface area contributed by atoms with Gasteiger partial charge in [-0.05, 0) is 18.4 Å². The third kappa shape index (κ3) is 5.82. The molecule has 0 amide bonds. The molecule has 0 spiro atoms. The topological polar surface area (TPSA) is 95.5 Å².